The van der Waals surface area contributed by atoms with E-state index in [0.717, 1.165) is 28.9 Å². The fourth-order valence-corrected chi connectivity index (χ4v) is 3.23. The van der Waals surface area contributed by atoms with E-state index in [9.17, 15) is 15.0 Å². The Morgan fingerprint density at radius 3 is 2.65 bits per heavy atom. The molecule has 0 aliphatic rings. The lowest BCUT2D eigenvalue weighted by atomic mass is 9.97. The highest BCUT2D eigenvalue weighted by molar-refractivity contribution is 5.92. The van der Waals surface area contributed by atoms with Gasteiger partial charge in [-0.15, -0.1) is 12.4 Å². The van der Waals surface area contributed by atoms with Crippen molar-refractivity contribution in [3.8, 4) is 22.6 Å². The first-order chi connectivity index (χ1) is 14.5. The number of benzene rings is 2. The highest BCUT2D eigenvalue weighted by Crippen LogP contribution is 2.31. The topological polar surface area (TPSA) is 121 Å². The number of aromatic amines is 1. The van der Waals surface area contributed by atoms with Crippen LogP contribution in [0.15, 0.2) is 60.8 Å². The predicted octanol–water partition coefficient (Wildman–Crippen LogP) is 2.87. The van der Waals surface area contributed by atoms with Gasteiger partial charge in [0.2, 0.25) is 0 Å². The summed E-state index contributed by atoms with van der Waals surface area (Å²) in [5.74, 6) is 0.417. The molecule has 1 heterocycles. The molecular formula is C23H28ClN3O4. The van der Waals surface area contributed by atoms with Crippen LogP contribution in [0.1, 0.15) is 22.5 Å². The molecule has 1 atom stereocenters. The number of halogens is 1. The normalized spacial score (nSPS) is 11.5. The average Bonchev–Trinajstić information content (AvgIpc) is 3.24. The fraction of sp³-hybridized carbons (Fsp3) is 0.261. The summed E-state index contributed by atoms with van der Waals surface area (Å²) in [5, 5.41) is 23.6. The minimum absolute atomic E-state index is 0. The largest absolute Gasteiger partial charge is 0.508 e. The van der Waals surface area contributed by atoms with Gasteiger partial charge in [0, 0.05) is 23.9 Å². The van der Waals surface area contributed by atoms with Crippen LogP contribution in [0.5, 0.6) is 11.5 Å². The number of ether oxygens (including phenoxy) is 1. The molecule has 8 heteroatoms. The molecule has 0 unspecified atom stereocenters. The Balaban J connectivity index is 0.00000341. The molecular weight excluding hydrogens is 418 g/mol. The minimum atomic E-state index is -0.613. The number of rotatable bonds is 11. The van der Waals surface area contributed by atoms with E-state index < -0.39 is 12.0 Å². The lowest BCUT2D eigenvalue weighted by Crippen LogP contribution is -2.32. The minimum Gasteiger partial charge on any atom is -0.508 e. The maximum Gasteiger partial charge on any atom is 0.265 e. The van der Waals surface area contributed by atoms with E-state index in [-0.39, 0.29) is 24.8 Å². The Bertz CT molecular complexity index is 962. The maximum absolute atomic E-state index is 11.3. The molecule has 0 aliphatic heterocycles. The lowest BCUT2D eigenvalue weighted by molar-refractivity contribution is 0.0996. The highest BCUT2D eigenvalue weighted by atomic mass is 35.5. The van der Waals surface area contributed by atoms with E-state index in [2.05, 4.69) is 10.3 Å². The number of aliphatic hydroxyl groups is 1. The van der Waals surface area contributed by atoms with Gasteiger partial charge in [-0.2, -0.15) is 0 Å². The molecule has 166 valence electrons. The Morgan fingerprint density at radius 1 is 1.16 bits per heavy atom. The van der Waals surface area contributed by atoms with Gasteiger partial charge in [0.15, 0.2) is 0 Å². The molecule has 31 heavy (non-hydrogen) atoms. The van der Waals surface area contributed by atoms with Gasteiger partial charge in [-0.25, -0.2) is 0 Å². The van der Waals surface area contributed by atoms with Gasteiger partial charge in [-0.1, -0.05) is 30.3 Å². The third kappa shape index (κ3) is 7.03. The summed E-state index contributed by atoms with van der Waals surface area (Å²) in [7, 11) is 0. The van der Waals surface area contributed by atoms with Crippen LogP contribution in [0.4, 0.5) is 0 Å². The van der Waals surface area contributed by atoms with Crippen LogP contribution in [0.3, 0.4) is 0 Å². The number of H-pyrrole nitrogens is 1. The Labute approximate surface area is 187 Å². The summed E-state index contributed by atoms with van der Waals surface area (Å²) in [4.78, 5) is 14.2. The van der Waals surface area contributed by atoms with Crippen molar-refractivity contribution < 1.29 is 19.7 Å². The molecule has 6 N–H and O–H groups in total. The van der Waals surface area contributed by atoms with Gasteiger partial charge in [-0.3, -0.25) is 4.79 Å². The monoisotopic (exact) mass is 445 g/mol. The molecule has 3 aromatic rings. The third-order valence-corrected chi connectivity index (χ3v) is 4.76. The Morgan fingerprint density at radius 2 is 1.94 bits per heavy atom. The molecule has 0 radical (unpaired) electrons. The second-order valence-electron chi connectivity index (χ2n) is 7.06. The first-order valence-electron chi connectivity index (χ1n) is 9.90. The summed E-state index contributed by atoms with van der Waals surface area (Å²) >= 11 is 0. The number of phenols is 1. The van der Waals surface area contributed by atoms with Crippen molar-refractivity contribution in [2.45, 2.75) is 18.9 Å². The van der Waals surface area contributed by atoms with Crippen LogP contribution in [-0.2, 0) is 6.42 Å². The van der Waals surface area contributed by atoms with Crippen molar-refractivity contribution in [2.24, 2.45) is 5.73 Å². The Hall–Kier alpha value is -3.00. The summed E-state index contributed by atoms with van der Waals surface area (Å²) in [6.45, 7) is 1.31. The van der Waals surface area contributed by atoms with Gasteiger partial charge < -0.3 is 31.0 Å². The first-order valence-corrected chi connectivity index (χ1v) is 9.90. The molecule has 0 saturated carbocycles. The molecule has 0 spiro atoms. The lowest BCUT2D eigenvalue weighted by Gasteiger charge is -2.14. The van der Waals surface area contributed by atoms with Crippen LogP contribution >= 0.6 is 12.4 Å². The zero-order valence-corrected chi connectivity index (χ0v) is 17.9. The second kappa shape index (κ2) is 12.0. The highest BCUT2D eigenvalue weighted by Gasteiger charge is 2.13. The van der Waals surface area contributed by atoms with Gasteiger partial charge in [0.25, 0.3) is 5.91 Å². The molecule has 0 bridgehead atoms. The molecule has 2 aromatic carbocycles. The zero-order chi connectivity index (χ0) is 21.3. The zero-order valence-electron chi connectivity index (χ0n) is 17.1. The number of hydrogen-bond acceptors (Lipinski definition) is 5. The van der Waals surface area contributed by atoms with Crippen LogP contribution in [-0.4, -0.2) is 46.9 Å². The number of carbonyl (C=O) groups is 1. The second-order valence-corrected chi connectivity index (χ2v) is 7.06. The standard InChI is InChI=1S/C23H27N3O4.ClH/c24-23(29)21-12-16(13-26-21)19-8-4-10-22(28)20(19)9-5-11-25-14-17(27)15-30-18-6-2-1-3-7-18;/h1-4,6-8,10,12-13,17,25-28H,5,9,11,14-15H2,(H2,24,29);1H/t17-;/m0./s1. The number of phenolic OH excluding ortho intramolecular Hbond substituents is 1. The van der Waals surface area contributed by atoms with E-state index in [1.165, 1.54) is 0 Å². The number of aromatic hydroxyl groups is 1. The van der Waals surface area contributed by atoms with Crippen molar-refractivity contribution in [1.29, 1.82) is 0 Å². The van der Waals surface area contributed by atoms with E-state index in [0.29, 0.717) is 25.2 Å². The fourth-order valence-electron chi connectivity index (χ4n) is 3.23. The smallest absolute Gasteiger partial charge is 0.265 e. The molecule has 1 aromatic heterocycles. The number of para-hydroxylation sites is 1. The summed E-state index contributed by atoms with van der Waals surface area (Å²) < 4.78 is 5.53. The molecule has 0 aliphatic carbocycles. The number of aliphatic hydroxyl groups excluding tert-OH is 1. The van der Waals surface area contributed by atoms with Gasteiger partial charge >= 0.3 is 0 Å². The number of hydrogen-bond donors (Lipinski definition) is 5. The number of nitrogens with two attached hydrogens (primary N) is 1. The average molecular weight is 446 g/mol. The van der Waals surface area contributed by atoms with Crippen LogP contribution in [0.25, 0.3) is 11.1 Å². The van der Waals surface area contributed by atoms with Crippen LogP contribution < -0.4 is 15.8 Å². The summed E-state index contributed by atoms with van der Waals surface area (Å²) in [6.07, 6.45) is 2.50. The molecule has 3 rings (SSSR count). The van der Waals surface area contributed by atoms with Crippen LogP contribution in [0.2, 0.25) is 0 Å². The number of primary amides is 1. The van der Waals surface area contributed by atoms with Crippen LogP contribution in [0, 0.1) is 0 Å². The first kappa shape index (κ1) is 24.3. The number of amides is 1. The van der Waals surface area contributed by atoms with E-state index in [4.69, 9.17) is 10.5 Å². The molecule has 0 saturated heterocycles. The Kier molecular flexibility index (Phi) is 9.40. The molecule has 1 amide bonds. The maximum atomic E-state index is 11.3. The predicted molar refractivity (Wildman–Crippen MR) is 123 cm³/mol. The third-order valence-electron chi connectivity index (χ3n) is 4.76. The van der Waals surface area contributed by atoms with E-state index in [1.54, 1.807) is 24.4 Å². The van der Waals surface area contributed by atoms with Gasteiger partial charge in [0.05, 0.1) is 0 Å². The van der Waals surface area contributed by atoms with E-state index >= 15 is 0 Å². The van der Waals surface area contributed by atoms with E-state index in [1.807, 2.05) is 36.4 Å². The summed E-state index contributed by atoms with van der Waals surface area (Å²) in [5.41, 5.74) is 8.10. The van der Waals surface area contributed by atoms with Crippen molar-refractivity contribution in [3.63, 3.8) is 0 Å². The number of carbonyl (C=O) groups excluding carboxylic acids is 1. The van der Waals surface area contributed by atoms with Crippen molar-refractivity contribution in [2.75, 3.05) is 19.7 Å². The molecule has 7 nitrogen and oxygen atoms in total. The summed E-state index contributed by atoms with van der Waals surface area (Å²) in [6, 6.07) is 16.4. The van der Waals surface area contributed by atoms with Gasteiger partial charge in [0.1, 0.15) is 29.9 Å². The van der Waals surface area contributed by atoms with Gasteiger partial charge in [-0.05, 0) is 49.2 Å². The quantitative estimate of drug-likeness (QED) is 0.291. The number of aromatic nitrogens is 1. The van der Waals surface area contributed by atoms with Crippen molar-refractivity contribution >= 4 is 18.3 Å². The van der Waals surface area contributed by atoms with Crippen molar-refractivity contribution in [3.05, 3.63) is 72.1 Å². The van der Waals surface area contributed by atoms with Crippen molar-refractivity contribution in [1.82, 2.24) is 10.3 Å². The SMILES string of the molecule is Cl.NC(=O)c1cc(-c2cccc(O)c2CCCNC[C@H](O)COc2ccccc2)c[nH]1. The molecule has 0 fully saturated rings. The number of nitrogens with one attached hydrogen (secondary N) is 2.